The second-order valence-electron chi connectivity index (χ2n) is 4.86. The molecule has 0 saturated carbocycles. The van der Waals surface area contributed by atoms with E-state index in [2.05, 4.69) is 0 Å². The zero-order valence-electron chi connectivity index (χ0n) is 12.4. The average molecular weight is 335 g/mol. The molecule has 0 amide bonds. The average Bonchev–Trinajstić information content (AvgIpc) is 2.54. The van der Waals surface area contributed by atoms with E-state index in [9.17, 15) is 28.5 Å². The summed E-state index contributed by atoms with van der Waals surface area (Å²) in [7, 11) is 0. The quantitative estimate of drug-likeness (QED) is 0.362. The fourth-order valence-corrected chi connectivity index (χ4v) is 2.03. The highest BCUT2D eigenvalue weighted by Gasteiger charge is 2.24. The largest absolute Gasteiger partial charge is 0.454 e. The van der Waals surface area contributed by atoms with Crippen LogP contribution in [0.3, 0.4) is 0 Å². The van der Waals surface area contributed by atoms with Crippen LogP contribution in [0.2, 0.25) is 0 Å². The van der Waals surface area contributed by atoms with E-state index in [1.807, 2.05) is 0 Å². The molecule has 24 heavy (non-hydrogen) atoms. The fraction of sp³-hybridized carbons (Fsp3) is 0.125. The van der Waals surface area contributed by atoms with Crippen LogP contribution in [0, 0.1) is 28.7 Å². The first-order valence-electron chi connectivity index (χ1n) is 6.70. The molecule has 0 aliphatic rings. The van der Waals surface area contributed by atoms with E-state index < -0.39 is 40.6 Å². The number of para-hydroxylation sites is 1. The molecule has 0 aliphatic heterocycles. The molecule has 2 aromatic carbocycles. The molecule has 124 valence electrons. The molecule has 2 aromatic rings. The molecular formula is C16H11F2NO5. The summed E-state index contributed by atoms with van der Waals surface area (Å²) in [4.78, 5) is 34.1. The van der Waals surface area contributed by atoms with Crippen molar-refractivity contribution in [1.29, 1.82) is 0 Å². The molecule has 0 N–H and O–H groups in total. The van der Waals surface area contributed by atoms with Crippen molar-refractivity contribution in [3.05, 3.63) is 74.8 Å². The molecule has 2 rings (SSSR count). The molecule has 0 aromatic heterocycles. The van der Waals surface area contributed by atoms with Gasteiger partial charge < -0.3 is 4.74 Å². The summed E-state index contributed by atoms with van der Waals surface area (Å²) in [5, 5.41) is 11.0. The van der Waals surface area contributed by atoms with E-state index >= 15 is 0 Å². The second-order valence-corrected chi connectivity index (χ2v) is 4.86. The maximum Gasteiger partial charge on any atom is 0.345 e. The maximum absolute atomic E-state index is 13.1. The van der Waals surface area contributed by atoms with Crippen molar-refractivity contribution in [3.63, 3.8) is 0 Å². The summed E-state index contributed by atoms with van der Waals surface area (Å²) < 4.78 is 30.7. The van der Waals surface area contributed by atoms with E-state index in [0.29, 0.717) is 6.07 Å². The van der Waals surface area contributed by atoms with Crippen LogP contribution in [0.5, 0.6) is 0 Å². The van der Waals surface area contributed by atoms with Crippen molar-refractivity contribution in [3.8, 4) is 0 Å². The molecule has 0 atom stereocenters. The Balaban J connectivity index is 2.14. The highest BCUT2D eigenvalue weighted by Crippen LogP contribution is 2.23. The number of ether oxygens (including phenoxy) is 1. The topological polar surface area (TPSA) is 86.5 Å². The molecule has 0 unspecified atom stereocenters. The van der Waals surface area contributed by atoms with Crippen LogP contribution in [-0.4, -0.2) is 23.3 Å². The van der Waals surface area contributed by atoms with Crippen molar-refractivity contribution >= 4 is 17.4 Å². The summed E-state index contributed by atoms with van der Waals surface area (Å²) in [6, 6.07) is 6.60. The monoisotopic (exact) mass is 335 g/mol. The third-order valence-electron chi connectivity index (χ3n) is 3.22. The molecule has 0 fully saturated rings. The van der Waals surface area contributed by atoms with Crippen LogP contribution in [-0.2, 0) is 4.74 Å². The van der Waals surface area contributed by atoms with Crippen LogP contribution < -0.4 is 0 Å². The number of halogens is 2. The van der Waals surface area contributed by atoms with E-state index in [1.54, 1.807) is 0 Å². The van der Waals surface area contributed by atoms with Crippen LogP contribution in [0.4, 0.5) is 14.5 Å². The smallest absolute Gasteiger partial charge is 0.345 e. The van der Waals surface area contributed by atoms with Gasteiger partial charge >= 0.3 is 5.97 Å². The molecule has 6 nitrogen and oxygen atoms in total. The molecule has 8 heteroatoms. The Hall–Kier alpha value is -3.16. The van der Waals surface area contributed by atoms with Crippen molar-refractivity contribution in [2.45, 2.75) is 6.92 Å². The van der Waals surface area contributed by atoms with Gasteiger partial charge in [-0.2, -0.15) is 0 Å². The Bertz CT molecular complexity index is 835. The number of nitro groups is 1. The predicted molar refractivity (Wildman–Crippen MR) is 78.8 cm³/mol. The number of nitro benzene ring substituents is 1. The normalized spacial score (nSPS) is 10.3. The Morgan fingerprint density at radius 3 is 2.50 bits per heavy atom. The van der Waals surface area contributed by atoms with Crippen LogP contribution >= 0.6 is 0 Å². The maximum atomic E-state index is 13.1. The van der Waals surface area contributed by atoms with Gasteiger partial charge in [-0.05, 0) is 31.2 Å². The molecule has 0 heterocycles. The molecule has 0 saturated heterocycles. The van der Waals surface area contributed by atoms with Gasteiger partial charge in [0.1, 0.15) is 5.56 Å². The number of hydrogen-bond donors (Lipinski definition) is 0. The van der Waals surface area contributed by atoms with Gasteiger partial charge in [-0.25, -0.2) is 13.6 Å². The highest BCUT2D eigenvalue weighted by atomic mass is 19.2. The number of nitrogens with zero attached hydrogens (tertiary/aromatic N) is 1. The Labute approximate surface area is 134 Å². The Morgan fingerprint density at radius 1 is 1.17 bits per heavy atom. The number of carbonyl (C=O) groups is 2. The first-order valence-corrected chi connectivity index (χ1v) is 6.70. The second kappa shape index (κ2) is 6.95. The number of carbonyl (C=O) groups excluding carboxylic acids is 2. The first-order chi connectivity index (χ1) is 11.3. The third kappa shape index (κ3) is 3.60. The fourth-order valence-electron chi connectivity index (χ4n) is 2.03. The minimum atomic E-state index is -1.21. The number of Topliss-reactive ketones (excluding diaryl/α,β-unsaturated/α-hetero) is 1. The lowest BCUT2D eigenvalue weighted by atomic mass is 10.1. The van der Waals surface area contributed by atoms with Crippen LogP contribution in [0.1, 0.15) is 26.3 Å². The van der Waals surface area contributed by atoms with E-state index in [1.165, 1.54) is 25.1 Å². The van der Waals surface area contributed by atoms with Gasteiger partial charge in [-0.15, -0.1) is 0 Å². The molecule has 0 aliphatic carbocycles. The molecular weight excluding hydrogens is 324 g/mol. The minimum absolute atomic E-state index is 0.180. The van der Waals surface area contributed by atoms with E-state index in [0.717, 1.165) is 12.1 Å². The van der Waals surface area contributed by atoms with Gasteiger partial charge in [0.25, 0.3) is 5.69 Å². The summed E-state index contributed by atoms with van der Waals surface area (Å²) in [6.07, 6.45) is 0. The van der Waals surface area contributed by atoms with Crippen molar-refractivity contribution in [2.75, 3.05) is 6.61 Å². The van der Waals surface area contributed by atoms with E-state index in [4.69, 9.17) is 4.74 Å². The SMILES string of the molecule is Cc1cccc(C(=O)OCC(=O)c2ccc(F)c(F)c2)c1[N+](=O)[O-]. The van der Waals surface area contributed by atoms with E-state index in [-0.39, 0.29) is 16.7 Å². The lowest BCUT2D eigenvalue weighted by molar-refractivity contribution is -0.385. The summed E-state index contributed by atoms with van der Waals surface area (Å²) in [5.74, 6) is -4.14. The number of rotatable bonds is 5. The number of aryl methyl sites for hydroxylation is 1. The predicted octanol–water partition coefficient (Wildman–Crippen LogP) is 3.22. The van der Waals surface area contributed by atoms with Crippen LogP contribution in [0.25, 0.3) is 0 Å². The Kier molecular flexibility index (Phi) is 4.98. The summed E-state index contributed by atoms with van der Waals surface area (Å²) in [5.41, 5.74) is -0.623. The zero-order chi connectivity index (χ0) is 17.9. The van der Waals surface area contributed by atoms with Crippen molar-refractivity contribution < 1.29 is 28.0 Å². The number of esters is 1. The first kappa shape index (κ1) is 17.2. The van der Waals surface area contributed by atoms with Gasteiger partial charge in [0.05, 0.1) is 4.92 Å². The van der Waals surface area contributed by atoms with Gasteiger partial charge in [-0.3, -0.25) is 14.9 Å². The molecule has 0 spiro atoms. The molecule has 0 radical (unpaired) electrons. The minimum Gasteiger partial charge on any atom is -0.454 e. The van der Waals surface area contributed by atoms with Crippen molar-refractivity contribution in [1.82, 2.24) is 0 Å². The highest BCUT2D eigenvalue weighted by molar-refractivity contribution is 6.00. The van der Waals surface area contributed by atoms with Crippen molar-refractivity contribution in [2.24, 2.45) is 0 Å². The number of ketones is 1. The van der Waals surface area contributed by atoms with Gasteiger partial charge in [0.15, 0.2) is 24.0 Å². The third-order valence-corrected chi connectivity index (χ3v) is 3.22. The van der Waals surface area contributed by atoms with Gasteiger partial charge in [0, 0.05) is 11.1 Å². The standard InChI is InChI=1S/C16H11F2NO5/c1-9-3-2-4-11(15(9)19(22)23)16(21)24-8-14(20)10-5-6-12(17)13(18)7-10/h2-7H,8H2,1H3. The lowest BCUT2D eigenvalue weighted by Gasteiger charge is -2.06. The summed E-state index contributed by atoms with van der Waals surface area (Å²) in [6.45, 7) is 0.705. The number of benzene rings is 2. The lowest BCUT2D eigenvalue weighted by Crippen LogP contribution is -2.16. The molecule has 0 bridgehead atoms. The Morgan fingerprint density at radius 2 is 1.88 bits per heavy atom. The van der Waals surface area contributed by atoms with Gasteiger partial charge in [0.2, 0.25) is 0 Å². The summed E-state index contributed by atoms with van der Waals surface area (Å²) >= 11 is 0. The number of hydrogen-bond acceptors (Lipinski definition) is 5. The zero-order valence-corrected chi connectivity index (χ0v) is 12.4. The van der Waals surface area contributed by atoms with Gasteiger partial charge in [-0.1, -0.05) is 12.1 Å². The van der Waals surface area contributed by atoms with Crippen LogP contribution in [0.15, 0.2) is 36.4 Å².